The monoisotopic (exact) mass is 1040 g/mol. The number of nitrogens with zero attached hydrogens (tertiary/aromatic N) is 2. The van der Waals surface area contributed by atoms with Gasteiger partial charge in [0.05, 0.1) is 25.9 Å². The van der Waals surface area contributed by atoms with Crippen LogP contribution >= 0.6 is 7.82 Å². The molecule has 1 aliphatic rings. The van der Waals surface area contributed by atoms with E-state index in [0.717, 1.165) is 155 Å². The molecule has 0 aliphatic carbocycles. The molecule has 428 valence electrons. The Labute approximate surface area is 445 Å². The summed E-state index contributed by atoms with van der Waals surface area (Å²) in [6, 6.07) is 0. The van der Waals surface area contributed by atoms with Gasteiger partial charge in [0.15, 0.2) is 0 Å². The van der Waals surface area contributed by atoms with Gasteiger partial charge in [-0.25, -0.2) is 4.57 Å². The Bertz CT molecular complexity index is 1140. The van der Waals surface area contributed by atoms with Gasteiger partial charge in [0.1, 0.15) is 12.2 Å². The lowest BCUT2D eigenvalue weighted by molar-refractivity contribution is -0.151. The molecule has 1 rings (SSSR count). The average molecular weight is 1040 g/mol. The minimum absolute atomic E-state index is 0.0476. The van der Waals surface area contributed by atoms with Crippen LogP contribution in [-0.2, 0) is 37.2 Å². The Hall–Kier alpha value is -1.07. The molecule has 0 bridgehead atoms. The molecule has 0 saturated carbocycles. The highest BCUT2D eigenvalue weighted by atomic mass is 31.2. The molecule has 12 heteroatoms. The van der Waals surface area contributed by atoms with Gasteiger partial charge < -0.3 is 24.4 Å². The van der Waals surface area contributed by atoms with Crippen molar-refractivity contribution in [3.63, 3.8) is 0 Å². The van der Waals surface area contributed by atoms with Crippen LogP contribution in [0.4, 0.5) is 0 Å². The maximum absolute atomic E-state index is 13.9. The zero-order chi connectivity index (χ0) is 52.4. The van der Waals surface area contributed by atoms with Crippen molar-refractivity contribution < 1.29 is 42.3 Å². The minimum atomic E-state index is -3.75. The molecule has 1 aliphatic heterocycles. The second-order valence-corrected chi connectivity index (χ2v) is 23.5. The standard InChI is InChI=1S/C60H119N2O9P/c1-6-10-14-18-24-32-40-57(41-33-25-19-15-11-7-2)70-59(64)44-36-28-22-30-38-53-67-72(66,69-55-52-61(5)50-51-62-48-46-56(63)47-49-62)68-54-39-31-23-29-37-45-60(65)71-58(42-34-26-20-16-12-8-3)43-35-27-21-17-13-9-4/h56-58,63H,6-55H2,1-5H3. The second kappa shape index (κ2) is 50.7. The molecule has 0 atom stereocenters. The number of carbonyl (C=O) groups excluding carboxylic acids is 2. The van der Waals surface area contributed by atoms with E-state index in [1.165, 1.54) is 128 Å². The summed E-state index contributed by atoms with van der Waals surface area (Å²) < 4.78 is 43.8. The van der Waals surface area contributed by atoms with Gasteiger partial charge in [0, 0.05) is 45.6 Å². The van der Waals surface area contributed by atoms with Gasteiger partial charge in [0.25, 0.3) is 0 Å². The average Bonchev–Trinajstić information content (AvgIpc) is 3.36. The summed E-state index contributed by atoms with van der Waals surface area (Å²) in [5.41, 5.74) is 0. The molecule has 0 amide bonds. The molecular weight excluding hydrogens is 924 g/mol. The fraction of sp³-hybridized carbons (Fsp3) is 0.967. The number of hydrogen-bond acceptors (Lipinski definition) is 11. The summed E-state index contributed by atoms with van der Waals surface area (Å²) in [5, 5.41) is 9.86. The maximum Gasteiger partial charge on any atom is 0.474 e. The van der Waals surface area contributed by atoms with Gasteiger partial charge >= 0.3 is 19.8 Å². The number of hydrogen-bond donors (Lipinski definition) is 1. The number of rotatable bonds is 55. The van der Waals surface area contributed by atoms with Crippen molar-refractivity contribution in [1.29, 1.82) is 0 Å². The van der Waals surface area contributed by atoms with Crippen LogP contribution in [0.5, 0.6) is 0 Å². The zero-order valence-corrected chi connectivity index (χ0v) is 49.0. The van der Waals surface area contributed by atoms with E-state index >= 15 is 0 Å². The summed E-state index contributed by atoms with van der Waals surface area (Å²) in [6.45, 7) is 14.1. The first-order chi connectivity index (χ1) is 35.1. The normalized spacial score (nSPS) is 13.8. The Kier molecular flexibility index (Phi) is 48.6. The van der Waals surface area contributed by atoms with E-state index in [-0.39, 0.29) is 36.9 Å². The van der Waals surface area contributed by atoms with Crippen molar-refractivity contribution in [2.75, 3.05) is 59.6 Å². The predicted molar refractivity (Wildman–Crippen MR) is 302 cm³/mol. The van der Waals surface area contributed by atoms with Crippen LogP contribution in [0.3, 0.4) is 0 Å². The van der Waals surface area contributed by atoms with Crippen LogP contribution in [0.15, 0.2) is 0 Å². The number of phosphoric acid groups is 1. The Balaban J connectivity index is 2.50. The summed E-state index contributed by atoms with van der Waals surface area (Å²) in [7, 11) is -1.71. The van der Waals surface area contributed by atoms with E-state index in [0.29, 0.717) is 32.6 Å². The van der Waals surface area contributed by atoms with E-state index in [1.807, 2.05) is 7.05 Å². The number of aliphatic hydroxyl groups excluding tert-OH is 1. The summed E-state index contributed by atoms with van der Waals surface area (Å²) in [5.74, 6) is -0.0952. The van der Waals surface area contributed by atoms with E-state index < -0.39 is 7.82 Å². The predicted octanol–water partition coefficient (Wildman–Crippen LogP) is 17.0. The van der Waals surface area contributed by atoms with Crippen molar-refractivity contribution in [2.45, 2.75) is 316 Å². The van der Waals surface area contributed by atoms with Crippen molar-refractivity contribution in [1.82, 2.24) is 9.80 Å². The van der Waals surface area contributed by atoms with Crippen LogP contribution < -0.4 is 0 Å². The van der Waals surface area contributed by atoms with Crippen LogP contribution in [-0.4, -0.2) is 105 Å². The number of aliphatic hydroxyl groups is 1. The van der Waals surface area contributed by atoms with E-state index in [1.54, 1.807) is 0 Å². The summed E-state index contributed by atoms with van der Waals surface area (Å²) in [6.07, 6.45) is 45.4. The number of esters is 2. The fourth-order valence-corrected chi connectivity index (χ4v) is 11.0. The maximum atomic E-state index is 13.9. The lowest BCUT2D eigenvalue weighted by Gasteiger charge is -2.30. The van der Waals surface area contributed by atoms with Crippen LogP contribution in [0.2, 0.25) is 0 Å². The first-order valence-corrected chi connectivity index (χ1v) is 32.6. The van der Waals surface area contributed by atoms with Crippen LogP contribution in [0.25, 0.3) is 0 Å². The van der Waals surface area contributed by atoms with Crippen molar-refractivity contribution in [2.24, 2.45) is 0 Å². The molecule has 0 aromatic heterocycles. The number of piperidine rings is 1. The van der Waals surface area contributed by atoms with Gasteiger partial charge in [-0.2, -0.15) is 0 Å². The number of carbonyl (C=O) groups is 2. The van der Waals surface area contributed by atoms with Crippen LogP contribution in [0, 0.1) is 0 Å². The Morgan fingerprint density at radius 1 is 0.472 bits per heavy atom. The van der Waals surface area contributed by atoms with Crippen molar-refractivity contribution >= 4 is 19.8 Å². The number of likely N-dealkylation sites (N-methyl/N-ethyl adjacent to an activating group) is 1. The number of ether oxygens (including phenoxy) is 2. The SMILES string of the molecule is CCCCCCCCC(CCCCCCCC)OC(=O)CCCCCCCOP(=O)(OCCCCCCCC(=O)OC(CCCCCCCC)CCCCCCCC)OCCN(C)CCN1CCC(O)CC1. The molecule has 1 heterocycles. The van der Waals surface area contributed by atoms with E-state index in [9.17, 15) is 19.3 Å². The minimum Gasteiger partial charge on any atom is -0.462 e. The molecule has 0 aromatic rings. The Morgan fingerprint density at radius 3 is 1.17 bits per heavy atom. The lowest BCUT2D eigenvalue weighted by Crippen LogP contribution is -2.40. The van der Waals surface area contributed by atoms with Gasteiger partial charge in [0.2, 0.25) is 0 Å². The third-order valence-electron chi connectivity index (χ3n) is 14.7. The highest BCUT2D eigenvalue weighted by Crippen LogP contribution is 2.49. The third kappa shape index (κ3) is 44.1. The number of unbranched alkanes of at least 4 members (excludes halogenated alkanes) is 28. The van der Waals surface area contributed by atoms with Gasteiger partial charge in [-0.15, -0.1) is 0 Å². The molecule has 0 radical (unpaired) electrons. The van der Waals surface area contributed by atoms with E-state index in [4.69, 9.17) is 23.0 Å². The highest BCUT2D eigenvalue weighted by Gasteiger charge is 2.27. The quantitative estimate of drug-likeness (QED) is 0.0356. The molecule has 1 fully saturated rings. The summed E-state index contributed by atoms with van der Waals surface area (Å²) >= 11 is 0. The molecule has 1 saturated heterocycles. The second-order valence-electron chi connectivity index (χ2n) is 21.8. The van der Waals surface area contributed by atoms with Crippen molar-refractivity contribution in [3.05, 3.63) is 0 Å². The van der Waals surface area contributed by atoms with E-state index in [2.05, 4.69) is 37.5 Å². The van der Waals surface area contributed by atoms with Gasteiger partial charge in [-0.1, -0.05) is 195 Å². The molecular formula is C60H119N2O9P. The first kappa shape index (κ1) is 68.9. The highest BCUT2D eigenvalue weighted by molar-refractivity contribution is 7.48. The topological polar surface area (TPSA) is 124 Å². The molecule has 0 unspecified atom stereocenters. The smallest absolute Gasteiger partial charge is 0.462 e. The summed E-state index contributed by atoms with van der Waals surface area (Å²) in [4.78, 5) is 30.4. The lowest BCUT2D eigenvalue weighted by atomic mass is 10.0. The molecule has 0 aromatic carbocycles. The largest absolute Gasteiger partial charge is 0.474 e. The third-order valence-corrected chi connectivity index (χ3v) is 16.2. The first-order valence-electron chi connectivity index (χ1n) is 31.2. The molecule has 1 N–H and O–H groups in total. The van der Waals surface area contributed by atoms with Gasteiger partial charge in [-0.3, -0.25) is 23.2 Å². The fourth-order valence-electron chi connectivity index (χ4n) is 9.77. The number of likely N-dealkylation sites (tertiary alicyclic amines) is 1. The molecule has 11 nitrogen and oxygen atoms in total. The Morgan fingerprint density at radius 2 is 0.792 bits per heavy atom. The number of phosphoric ester groups is 1. The van der Waals surface area contributed by atoms with Gasteiger partial charge in [-0.05, 0) is 96.9 Å². The van der Waals surface area contributed by atoms with Crippen molar-refractivity contribution in [3.8, 4) is 0 Å². The van der Waals surface area contributed by atoms with Crippen LogP contribution in [0.1, 0.15) is 297 Å². The molecule has 72 heavy (non-hydrogen) atoms. The zero-order valence-electron chi connectivity index (χ0n) is 48.1. The molecule has 0 spiro atoms.